The van der Waals surface area contributed by atoms with Gasteiger partial charge in [0.05, 0.1) is 5.69 Å². The molecule has 5 nitrogen and oxygen atoms in total. The Labute approximate surface area is 125 Å². The molecule has 2 aromatic rings. The number of nitrogens with one attached hydrogen (secondary N) is 1. The summed E-state index contributed by atoms with van der Waals surface area (Å²) in [5, 5.41) is 8.95. The zero-order chi connectivity index (χ0) is 15.8. The van der Waals surface area contributed by atoms with Crippen LogP contribution >= 0.6 is 11.3 Å². The van der Waals surface area contributed by atoms with E-state index in [9.17, 15) is 17.6 Å². The first-order valence-corrected chi connectivity index (χ1v) is 8.13. The highest BCUT2D eigenvalue weighted by atomic mass is 32.2. The van der Waals surface area contributed by atoms with Gasteiger partial charge in [0.25, 0.3) is 10.0 Å². The van der Waals surface area contributed by atoms with Crippen molar-refractivity contribution in [1.29, 1.82) is 0 Å². The van der Waals surface area contributed by atoms with Crippen LogP contribution in [0.2, 0.25) is 0 Å². The van der Waals surface area contributed by atoms with Gasteiger partial charge in [-0.1, -0.05) is 6.07 Å². The van der Waals surface area contributed by atoms with Gasteiger partial charge in [-0.3, -0.25) is 4.72 Å². The quantitative estimate of drug-likeness (QED) is 0.903. The van der Waals surface area contributed by atoms with Crippen LogP contribution in [0.3, 0.4) is 0 Å². The van der Waals surface area contributed by atoms with E-state index in [0.717, 1.165) is 6.07 Å². The normalized spacial score (nSPS) is 11.4. The van der Waals surface area contributed by atoms with E-state index < -0.39 is 21.8 Å². The maximum Gasteiger partial charge on any atom is 0.346 e. The highest BCUT2D eigenvalue weighted by Crippen LogP contribution is 2.28. The number of benzene rings is 1. The highest BCUT2D eigenvalue weighted by molar-refractivity contribution is 7.94. The predicted octanol–water partition coefficient (Wildman–Crippen LogP) is 3.00. The second-order valence-corrected chi connectivity index (χ2v) is 7.43. The topological polar surface area (TPSA) is 83.5 Å². The van der Waals surface area contributed by atoms with Crippen molar-refractivity contribution in [1.82, 2.24) is 0 Å². The highest BCUT2D eigenvalue weighted by Gasteiger charge is 2.22. The van der Waals surface area contributed by atoms with Gasteiger partial charge in [0, 0.05) is 0 Å². The number of sulfonamides is 1. The standard InChI is InChI=1S/C13H12FNO4S2/c1-7-3-4-9(14)10(5-7)15-21(18,19)11-6-8(2)12(20-11)13(16)17/h3-6,15H,1-2H3,(H,16,17). The van der Waals surface area contributed by atoms with Crippen molar-refractivity contribution >= 4 is 33.0 Å². The van der Waals surface area contributed by atoms with E-state index in [1.165, 1.54) is 25.1 Å². The van der Waals surface area contributed by atoms with E-state index in [-0.39, 0.29) is 14.8 Å². The Balaban J connectivity index is 2.41. The zero-order valence-electron chi connectivity index (χ0n) is 11.2. The van der Waals surface area contributed by atoms with Crippen LogP contribution in [0, 0.1) is 19.7 Å². The van der Waals surface area contributed by atoms with Crippen LogP contribution < -0.4 is 4.72 Å². The lowest BCUT2D eigenvalue weighted by molar-refractivity contribution is 0.0701. The van der Waals surface area contributed by atoms with Crippen LogP contribution in [0.1, 0.15) is 20.8 Å². The summed E-state index contributed by atoms with van der Waals surface area (Å²) in [6, 6.07) is 5.30. The Kier molecular flexibility index (Phi) is 4.02. The summed E-state index contributed by atoms with van der Waals surface area (Å²) in [4.78, 5) is 10.9. The summed E-state index contributed by atoms with van der Waals surface area (Å²) < 4.78 is 40.0. The van der Waals surface area contributed by atoms with Crippen molar-refractivity contribution in [2.45, 2.75) is 18.1 Å². The molecular formula is C13H12FNO4S2. The molecule has 0 atom stereocenters. The van der Waals surface area contributed by atoms with Crippen molar-refractivity contribution in [2.75, 3.05) is 4.72 Å². The monoisotopic (exact) mass is 329 g/mol. The van der Waals surface area contributed by atoms with E-state index in [4.69, 9.17) is 5.11 Å². The molecule has 0 fully saturated rings. The van der Waals surface area contributed by atoms with Crippen LogP contribution in [0.5, 0.6) is 0 Å². The third-order valence-electron chi connectivity index (χ3n) is 2.72. The van der Waals surface area contributed by atoms with E-state index >= 15 is 0 Å². The third-order valence-corrected chi connectivity index (χ3v) is 5.78. The smallest absolute Gasteiger partial charge is 0.346 e. The van der Waals surface area contributed by atoms with Gasteiger partial charge >= 0.3 is 5.97 Å². The average Bonchev–Trinajstić information content (AvgIpc) is 2.77. The molecule has 0 spiro atoms. The minimum atomic E-state index is -4.02. The molecule has 0 saturated carbocycles. The maximum absolute atomic E-state index is 13.6. The molecule has 2 rings (SSSR count). The summed E-state index contributed by atoms with van der Waals surface area (Å²) in [5.41, 5.74) is 0.873. The molecule has 0 bridgehead atoms. The van der Waals surface area contributed by atoms with Crippen LogP contribution in [0.25, 0.3) is 0 Å². The number of anilines is 1. The minimum absolute atomic E-state index is 0.0555. The Hall–Kier alpha value is -1.93. The number of carbonyl (C=O) groups is 1. The molecule has 0 saturated heterocycles. The molecule has 21 heavy (non-hydrogen) atoms. The summed E-state index contributed by atoms with van der Waals surface area (Å²) in [5.74, 6) is -1.89. The summed E-state index contributed by atoms with van der Waals surface area (Å²) in [6.07, 6.45) is 0. The van der Waals surface area contributed by atoms with Gasteiger partial charge in [-0.05, 0) is 43.2 Å². The van der Waals surface area contributed by atoms with Crippen LogP contribution in [-0.2, 0) is 10.0 Å². The lowest BCUT2D eigenvalue weighted by atomic mass is 10.2. The molecule has 0 radical (unpaired) electrons. The first-order chi connectivity index (χ1) is 9.70. The molecule has 1 aromatic heterocycles. The Morgan fingerprint density at radius 2 is 1.95 bits per heavy atom. The summed E-state index contributed by atoms with van der Waals surface area (Å²) in [7, 11) is -4.02. The van der Waals surface area contributed by atoms with Crippen molar-refractivity contribution in [3.8, 4) is 0 Å². The largest absolute Gasteiger partial charge is 0.477 e. The number of carboxylic acids is 1. The number of rotatable bonds is 4. The fraction of sp³-hybridized carbons (Fsp3) is 0.154. The molecule has 1 heterocycles. The fourth-order valence-corrected chi connectivity index (χ4v) is 4.15. The van der Waals surface area contributed by atoms with E-state index in [0.29, 0.717) is 22.5 Å². The molecule has 0 unspecified atom stereocenters. The maximum atomic E-state index is 13.6. The summed E-state index contributed by atoms with van der Waals surface area (Å²) in [6.45, 7) is 3.21. The number of hydrogen-bond acceptors (Lipinski definition) is 4. The van der Waals surface area contributed by atoms with Crippen LogP contribution in [0.15, 0.2) is 28.5 Å². The summed E-state index contributed by atoms with van der Waals surface area (Å²) >= 11 is 0.631. The lowest BCUT2D eigenvalue weighted by Crippen LogP contribution is -2.12. The molecular weight excluding hydrogens is 317 g/mol. The molecule has 0 aliphatic rings. The fourth-order valence-electron chi connectivity index (χ4n) is 1.71. The van der Waals surface area contributed by atoms with E-state index in [2.05, 4.69) is 4.72 Å². The molecule has 8 heteroatoms. The predicted molar refractivity (Wildman–Crippen MR) is 78.0 cm³/mol. The van der Waals surface area contributed by atoms with E-state index in [1.54, 1.807) is 6.92 Å². The van der Waals surface area contributed by atoms with Gasteiger partial charge in [0.2, 0.25) is 0 Å². The van der Waals surface area contributed by atoms with E-state index in [1.807, 2.05) is 0 Å². The van der Waals surface area contributed by atoms with Crippen molar-refractivity contribution < 1.29 is 22.7 Å². The molecule has 1 aromatic carbocycles. The van der Waals surface area contributed by atoms with Gasteiger partial charge in [0.15, 0.2) is 0 Å². The Morgan fingerprint density at radius 3 is 2.52 bits per heavy atom. The SMILES string of the molecule is Cc1ccc(F)c(NS(=O)(=O)c2cc(C)c(C(=O)O)s2)c1. The van der Waals surface area contributed by atoms with Gasteiger partial charge in [-0.25, -0.2) is 17.6 Å². The Morgan fingerprint density at radius 1 is 1.29 bits per heavy atom. The second-order valence-electron chi connectivity index (χ2n) is 4.47. The zero-order valence-corrected chi connectivity index (χ0v) is 12.8. The van der Waals surface area contributed by atoms with Gasteiger partial charge in [-0.2, -0.15) is 0 Å². The molecule has 0 amide bonds. The Bertz CT molecular complexity index is 812. The number of hydrogen-bond donors (Lipinski definition) is 2. The lowest BCUT2D eigenvalue weighted by Gasteiger charge is -2.08. The molecule has 2 N–H and O–H groups in total. The van der Waals surface area contributed by atoms with Crippen LogP contribution in [-0.4, -0.2) is 19.5 Å². The molecule has 0 aliphatic carbocycles. The number of carboxylic acid groups (broad SMARTS) is 1. The van der Waals surface area contributed by atoms with Crippen molar-refractivity contribution in [3.63, 3.8) is 0 Å². The molecule has 112 valence electrons. The number of halogens is 1. The van der Waals surface area contributed by atoms with Gasteiger partial charge < -0.3 is 5.11 Å². The average molecular weight is 329 g/mol. The van der Waals surface area contributed by atoms with Crippen LogP contribution in [0.4, 0.5) is 10.1 Å². The van der Waals surface area contributed by atoms with Crippen molar-refractivity contribution in [2.24, 2.45) is 0 Å². The second kappa shape index (κ2) is 5.45. The first-order valence-electron chi connectivity index (χ1n) is 5.83. The minimum Gasteiger partial charge on any atom is -0.477 e. The third kappa shape index (κ3) is 3.22. The first kappa shape index (κ1) is 15.5. The van der Waals surface area contributed by atoms with Gasteiger partial charge in [0.1, 0.15) is 14.9 Å². The number of thiophene rings is 1. The van der Waals surface area contributed by atoms with Gasteiger partial charge in [-0.15, -0.1) is 11.3 Å². The number of aromatic carboxylic acids is 1. The van der Waals surface area contributed by atoms with Crippen molar-refractivity contribution in [3.05, 3.63) is 46.1 Å². The number of aryl methyl sites for hydroxylation is 2. The molecule has 0 aliphatic heterocycles.